The van der Waals surface area contributed by atoms with Crippen LogP contribution in [0.2, 0.25) is 0 Å². The number of likely N-dealkylation sites (N-methyl/N-ethyl adjacent to an activating group) is 1. The van der Waals surface area contributed by atoms with Crippen LogP contribution in [0.4, 0.5) is 0 Å². The second-order valence-corrected chi connectivity index (χ2v) is 3.89. The fourth-order valence-corrected chi connectivity index (χ4v) is 1.63. The number of nitrogens with zero attached hydrogens (tertiary/aromatic N) is 1. The molecule has 1 saturated heterocycles. The van der Waals surface area contributed by atoms with Crippen LogP contribution in [0.15, 0.2) is 0 Å². The van der Waals surface area contributed by atoms with Crippen LogP contribution in [-0.4, -0.2) is 48.3 Å². The van der Waals surface area contributed by atoms with Gasteiger partial charge in [-0.1, -0.05) is 0 Å². The molecule has 1 heterocycles. The third-order valence-corrected chi connectivity index (χ3v) is 2.75. The van der Waals surface area contributed by atoms with Crippen molar-refractivity contribution in [2.75, 3.05) is 20.1 Å². The predicted octanol–water partition coefficient (Wildman–Crippen LogP) is 0.0494. The molecule has 2 atom stereocenters. The lowest BCUT2D eigenvalue weighted by Crippen LogP contribution is -2.54. The third-order valence-electron chi connectivity index (χ3n) is 2.75. The number of piperidine rings is 1. The molecular weight excluding hydrogens is 152 g/mol. The maximum absolute atomic E-state index is 9.71. The monoisotopic (exact) mass is 172 g/mol. The molecule has 72 valence electrons. The molecule has 1 aliphatic heterocycles. The van der Waals surface area contributed by atoms with Crippen LogP contribution >= 0.6 is 0 Å². The Morgan fingerprint density at radius 3 is 2.67 bits per heavy atom. The lowest BCUT2D eigenvalue weighted by molar-refractivity contribution is 0.0275. The SMILES string of the molecule is CC(C)N(C)[C@H]1CNCC[C@@H]1O. The highest BCUT2D eigenvalue weighted by molar-refractivity contribution is 4.85. The van der Waals surface area contributed by atoms with Crippen LogP contribution in [0.1, 0.15) is 20.3 Å². The fraction of sp³-hybridized carbons (Fsp3) is 1.00. The van der Waals surface area contributed by atoms with Gasteiger partial charge in [-0.25, -0.2) is 0 Å². The molecule has 0 saturated carbocycles. The first kappa shape index (κ1) is 9.96. The largest absolute Gasteiger partial charge is 0.391 e. The first-order valence-corrected chi connectivity index (χ1v) is 4.73. The van der Waals surface area contributed by atoms with E-state index in [0.29, 0.717) is 12.1 Å². The van der Waals surface area contributed by atoms with E-state index >= 15 is 0 Å². The Hall–Kier alpha value is -0.120. The number of nitrogens with one attached hydrogen (secondary N) is 1. The Kier molecular flexibility index (Phi) is 3.50. The highest BCUT2D eigenvalue weighted by atomic mass is 16.3. The molecule has 3 nitrogen and oxygen atoms in total. The molecular formula is C9H20N2O. The minimum absolute atomic E-state index is 0.154. The van der Waals surface area contributed by atoms with Gasteiger partial charge in [-0.3, -0.25) is 4.90 Å². The minimum Gasteiger partial charge on any atom is -0.391 e. The topological polar surface area (TPSA) is 35.5 Å². The summed E-state index contributed by atoms with van der Waals surface area (Å²) in [6.45, 7) is 6.17. The molecule has 1 aliphatic rings. The van der Waals surface area contributed by atoms with Gasteiger partial charge >= 0.3 is 0 Å². The van der Waals surface area contributed by atoms with Gasteiger partial charge in [0.2, 0.25) is 0 Å². The second kappa shape index (κ2) is 4.21. The highest BCUT2D eigenvalue weighted by Gasteiger charge is 2.27. The maximum atomic E-state index is 9.71. The Morgan fingerprint density at radius 1 is 1.50 bits per heavy atom. The van der Waals surface area contributed by atoms with Crippen molar-refractivity contribution >= 4 is 0 Å². The van der Waals surface area contributed by atoms with E-state index in [0.717, 1.165) is 19.5 Å². The summed E-state index contributed by atoms with van der Waals surface area (Å²) < 4.78 is 0. The number of aliphatic hydroxyl groups is 1. The van der Waals surface area contributed by atoms with Crippen molar-refractivity contribution in [1.82, 2.24) is 10.2 Å². The molecule has 0 aromatic carbocycles. The van der Waals surface area contributed by atoms with Crippen molar-refractivity contribution in [1.29, 1.82) is 0 Å². The highest BCUT2D eigenvalue weighted by Crippen LogP contribution is 2.11. The summed E-state index contributed by atoms with van der Waals surface area (Å²) in [4.78, 5) is 2.23. The van der Waals surface area contributed by atoms with Gasteiger partial charge in [0.25, 0.3) is 0 Å². The Balaban J connectivity index is 2.47. The summed E-state index contributed by atoms with van der Waals surface area (Å²) in [6, 6.07) is 0.795. The standard InChI is InChI=1S/C9H20N2O/c1-7(2)11(3)8-6-10-5-4-9(8)12/h7-10,12H,4-6H2,1-3H3/t8-,9-/m0/s1. The van der Waals surface area contributed by atoms with Gasteiger partial charge < -0.3 is 10.4 Å². The van der Waals surface area contributed by atoms with Crippen LogP contribution in [0.3, 0.4) is 0 Å². The Bertz CT molecular complexity index is 138. The van der Waals surface area contributed by atoms with Crippen LogP contribution < -0.4 is 5.32 Å². The van der Waals surface area contributed by atoms with Crippen molar-refractivity contribution < 1.29 is 5.11 Å². The van der Waals surface area contributed by atoms with Gasteiger partial charge in [0.05, 0.1) is 6.10 Å². The zero-order valence-corrected chi connectivity index (χ0v) is 8.25. The van der Waals surface area contributed by atoms with Crippen LogP contribution in [0.25, 0.3) is 0 Å². The summed E-state index contributed by atoms with van der Waals surface area (Å²) in [5, 5.41) is 13.0. The van der Waals surface area contributed by atoms with E-state index in [-0.39, 0.29) is 6.10 Å². The van der Waals surface area contributed by atoms with Crippen molar-refractivity contribution in [2.45, 2.75) is 38.5 Å². The number of hydrogen-bond acceptors (Lipinski definition) is 3. The lowest BCUT2D eigenvalue weighted by Gasteiger charge is -2.37. The van der Waals surface area contributed by atoms with E-state index in [9.17, 15) is 5.11 Å². The Labute approximate surface area is 74.8 Å². The molecule has 0 bridgehead atoms. The number of rotatable bonds is 2. The van der Waals surface area contributed by atoms with E-state index in [1.54, 1.807) is 0 Å². The van der Waals surface area contributed by atoms with Crippen molar-refractivity contribution in [3.63, 3.8) is 0 Å². The minimum atomic E-state index is -0.154. The summed E-state index contributed by atoms with van der Waals surface area (Å²) in [5.41, 5.74) is 0. The molecule has 0 spiro atoms. The van der Waals surface area contributed by atoms with E-state index in [2.05, 4.69) is 31.1 Å². The average Bonchev–Trinajstić information content (AvgIpc) is 2.04. The van der Waals surface area contributed by atoms with Crippen molar-refractivity contribution in [3.05, 3.63) is 0 Å². The summed E-state index contributed by atoms with van der Waals surface area (Å²) in [5.74, 6) is 0. The quantitative estimate of drug-likeness (QED) is 0.618. The normalized spacial score (nSPS) is 31.5. The number of aliphatic hydroxyl groups excluding tert-OH is 1. The van der Waals surface area contributed by atoms with Crippen LogP contribution in [0.5, 0.6) is 0 Å². The first-order valence-electron chi connectivity index (χ1n) is 4.73. The van der Waals surface area contributed by atoms with E-state index < -0.39 is 0 Å². The molecule has 2 N–H and O–H groups in total. The molecule has 0 amide bonds. The summed E-state index contributed by atoms with van der Waals surface area (Å²) >= 11 is 0. The van der Waals surface area contributed by atoms with Gasteiger partial charge in [0.15, 0.2) is 0 Å². The maximum Gasteiger partial charge on any atom is 0.0719 e. The molecule has 12 heavy (non-hydrogen) atoms. The summed E-state index contributed by atoms with van der Waals surface area (Å²) in [7, 11) is 2.07. The zero-order chi connectivity index (χ0) is 9.14. The lowest BCUT2D eigenvalue weighted by atomic mass is 10.0. The van der Waals surface area contributed by atoms with Crippen molar-refractivity contribution in [2.24, 2.45) is 0 Å². The van der Waals surface area contributed by atoms with Gasteiger partial charge in [-0.05, 0) is 33.9 Å². The average molecular weight is 172 g/mol. The van der Waals surface area contributed by atoms with Crippen LogP contribution in [0, 0.1) is 0 Å². The second-order valence-electron chi connectivity index (χ2n) is 3.89. The van der Waals surface area contributed by atoms with Gasteiger partial charge in [-0.15, -0.1) is 0 Å². The molecule has 0 aromatic heterocycles. The number of hydrogen-bond donors (Lipinski definition) is 2. The molecule has 0 aromatic rings. The third kappa shape index (κ3) is 2.19. The van der Waals surface area contributed by atoms with Gasteiger partial charge in [-0.2, -0.15) is 0 Å². The molecule has 1 fully saturated rings. The smallest absolute Gasteiger partial charge is 0.0719 e. The van der Waals surface area contributed by atoms with E-state index in [4.69, 9.17) is 0 Å². The molecule has 1 rings (SSSR count). The summed E-state index contributed by atoms with van der Waals surface area (Å²) in [6.07, 6.45) is 0.723. The molecule has 0 unspecified atom stereocenters. The molecule has 3 heteroatoms. The van der Waals surface area contributed by atoms with Gasteiger partial charge in [0, 0.05) is 18.6 Å². The zero-order valence-electron chi connectivity index (χ0n) is 8.25. The van der Waals surface area contributed by atoms with E-state index in [1.165, 1.54) is 0 Å². The molecule has 0 aliphatic carbocycles. The molecule has 0 radical (unpaired) electrons. The Morgan fingerprint density at radius 2 is 2.17 bits per heavy atom. The predicted molar refractivity (Wildman–Crippen MR) is 50.2 cm³/mol. The fourth-order valence-electron chi connectivity index (χ4n) is 1.63. The van der Waals surface area contributed by atoms with E-state index in [1.807, 2.05) is 0 Å². The van der Waals surface area contributed by atoms with Crippen LogP contribution in [-0.2, 0) is 0 Å². The first-order chi connectivity index (χ1) is 5.63. The van der Waals surface area contributed by atoms with Gasteiger partial charge in [0.1, 0.15) is 0 Å². The van der Waals surface area contributed by atoms with Crippen molar-refractivity contribution in [3.8, 4) is 0 Å².